The molecule has 2 heterocycles. The van der Waals surface area contributed by atoms with Crippen molar-refractivity contribution in [2.24, 2.45) is 4.99 Å². The van der Waals surface area contributed by atoms with E-state index in [-0.39, 0.29) is 24.0 Å². The van der Waals surface area contributed by atoms with Gasteiger partial charge in [-0.25, -0.2) is 0 Å². The average molecular weight is 447 g/mol. The Labute approximate surface area is 165 Å². The lowest BCUT2D eigenvalue weighted by Gasteiger charge is -2.12. The maximum Gasteiger partial charge on any atom is 0.191 e. The van der Waals surface area contributed by atoms with E-state index in [9.17, 15) is 0 Å². The van der Waals surface area contributed by atoms with Gasteiger partial charge in [-0.05, 0) is 23.6 Å². The van der Waals surface area contributed by atoms with Crippen molar-refractivity contribution in [2.75, 3.05) is 13.6 Å². The molecule has 0 aliphatic rings. The lowest BCUT2D eigenvalue weighted by molar-refractivity contribution is 0.778. The number of nitrogens with zero attached hydrogens (tertiary/aromatic N) is 3. The first-order valence-electron chi connectivity index (χ1n) is 8.04. The third-order valence-electron chi connectivity index (χ3n) is 3.80. The predicted octanol–water partition coefficient (Wildman–Crippen LogP) is 3.16. The van der Waals surface area contributed by atoms with Gasteiger partial charge in [-0.1, -0.05) is 30.3 Å². The van der Waals surface area contributed by atoms with Crippen LogP contribution in [0.2, 0.25) is 0 Å². The molecule has 2 aromatic heterocycles. The molecule has 1 aromatic carbocycles. The Balaban J connectivity index is 0.00000225. The zero-order valence-electron chi connectivity index (χ0n) is 14.1. The highest BCUT2D eigenvalue weighted by Crippen LogP contribution is 2.15. The summed E-state index contributed by atoms with van der Waals surface area (Å²) in [5.74, 6) is 0.765. The highest BCUT2D eigenvalue weighted by atomic mass is 127. The molecule has 0 saturated heterocycles. The normalized spacial score (nSPS) is 11.0. The molecule has 0 aliphatic heterocycles. The van der Waals surface area contributed by atoms with E-state index in [0.29, 0.717) is 6.54 Å². The van der Waals surface area contributed by atoms with E-state index in [4.69, 9.17) is 0 Å². The van der Waals surface area contributed by atoms with E-state index in [0.717, 1.165) is 35.7 Å². The number of benzene rings is 1. The minimum atomic E-state index is 0. The molecule has 0 aliphatic carbocycles. The molecule has 5 nitrogen and oxygen atoms in total. The number of aromatic nitrogens is 2. The van der Waals surface area contributed by atoms with Crippen LogP contribution in [-0.2, 0) is 13.0 Å². The summed E-state index contributed by atoms with van der Waals surface area (Å²) in [6.45, 7) is 1.41. The molecule has 3 rings (SSSR count). The van der Waals surface area contributed by atoms with Crippen molar-refractivity contribution in [3.8, 4) is 0 Å². The van der Waals surface area contributed by atoms with Crippen LogP contribution in [-0.4, -0.2) is 29.5 Å². The molecule has 0 atom stereocenters. The average Bonchev–Trinajstić information content (AvgIpc) is 2.65. The molecular weight excluding hydrogens is 425 g/mol. The van der Waals surface area contributed by atoms with Gasteiger partial charge in [0, 0.05) is 43.5 Å². The topological polar surface area (TPSA) is 62.2 Å². The molecule has 0 amide bonds. The Kier molecular flexibility index (Phi) is 7.59. The Morgan fingerprint density at radius 3 is 2.60 bits per heavy atom. The van der Waals surface area contributed by atoms with E-state index >= 15 is 0 Å². The number of rotatable bonds is 5. The fourth-order valence-corrected chi connectivity index (χ4v) is 2.57. The van der Waals surface area contributed by atoms with Crippen molar-refractivity contribution >= 4 is 40.7 Å². The number of fused-ring (bicyclic) bond motifs is 1. The zero-order chi connectivity index (χ0) is 16.6. The Bertz CT molecular complexity index is 815. The highest BCUT2D eigenvalue weighted by molar-refractivity contribution is 14.0. The minimum Gasteiger partial charge on any atom is -0.356 e. The van der Waals surface area contributed by atoms with Crippen molar-refractivity contribution in [3.63, 3.8) is 0 Å². The molecule has 0 saturated carbocycles. The fraction of sp³-hybridized carbons (Fsp3) is 0.211. The zero-order valence-corrected chi connectivity index (χ0v) is 16.5. The number of hydrogen-bond acceptors (Lipinski definition) is 3. The summed E-state index contributed by atoms with van der Waals surface area (Å²) in [5.41, 5.74) is 2.08. The number of hydrogen-bond donors (Lipinski definition) is 2. The molecule has 3 aromatic rings. The van der Waals surface area contributed by atoms with Crippen molar-refractivity contribution in [2.45, 2.75) is 13.0 Å². The molecule has 130 valence electrons. The number of nitrogens with one attached hydrogen (secondary N) is 2. The largest absolute Gasteiger partial charge is 0.356 e. The second-order valence-corrected chi connectivity index (χ2v) is 5.40. The number of aliphatic imine (C=N–C) groups is 1. The van der Waals surface area contributed by atoms with Gasteiger partial charge >= 0.3 is 0 Å². The third kappa shape index (κ3) is 5.38. The van der Waals surface area contributed by atoms with Crippen LogP contribution in [0.1, 0.15) is 11.4 Å². The van der Waals surface area contributed by atoms with Gasteiger partial charge in [-0.2, -0.15) is 0 Å². The van der Waals surface area contributed by atoms with Crippen LogP contribution in [0.3, 0.4) is 0 Å². The molecule has 6 heteroatoms. The van der Waals surface area contributed by atoms with Crippen LogP contribution in [0, 0.1) is 0 Å². The maximum absolute atomic E-state index is 4.49. The van der Waals surface area contributed by atoms with Crippen molar-refractivity contribution in [1.82, 2.24) is 20.6 Å². The van der Waals surface area contributed by atoms with Crippen molar-refractivity contribution in [1.29, 1.82) is 0 Å². The van der Waals surface area contributed by atoms with Gasteiger partial charge in [0.15, 0.2) is 5.96 Å². The summed E-state index contributed by atoms with van der Waals surface area (Å²) in [4.78, 5) is 13.1. The van der Waals surface area contributed by atoms with Crippen LogP contribution < -0.4 is 10.6 Å². The Morgan fingerprint density at radius 2 is 1.80 bits per heavy atom. The number of pyridine rings is 2. The van der Waals surface area contributed by atoms with Gasteiger partial charge in [0.1, 0.15) is 0 Å². The first kappa shape index (κ1) is 19.1. The first-order valence-corrected chi connectivity index (χ1v) is 8.04. The third-order valence-corrected chi connectivity index (χ3v) is 3.80. The molecular formula is C19H22IN5. The molecule has 0 fully saturated rings. The smallest absolute Gasteiger partial charge is 0.191 e. The monoisotopic (exact) mass is 447 g/mol. The van der Waals surface area contributed by atoms with Crippen LogP contribution in [0.15, 0.2) is 65.9 Å². The van der Waals surface area contributed by atoms with Crippen LogP contribution in [0.25, 0.3) is 10.8 Å². The maximum atomic E-state index is 4.49. The lowest BCUT2D eigenvalue weighted by atomic mass is 10.1. The summed E-state index contributed by atoms with van der Waals surface area (Å²) in [6.07, 6.45) is 4.51. The second-order valence-electron chi connectivity index (χ2n) is 5.40. The number of halogens is 1. The Hall–Kier alpha value is -2.22. The summed E-state index contributed by atoms with van der Waals surface area (Å²) in [6, 6.07) is 16.2. The molecule has 0 spiro atoms. The quantitative estimate of drug-likeness (QED) is 0.359. The molecule has 0 bridgehead atoms. The summed E-state index contributed by atoms with van der Waals surface area (Å²) in [5, 5.41) is 8.99. The summed E-state index contributed by atoms with van der Waals surface area (Å²) >= 11 is 0. The van der Waals surface area contributed by atoms with Crippen LogP contribution >= 0.6 is 24.0 Å². The van der Waals surface area contributed by atoms with E-state index in [1.807, 2.05) is 48.8 Å². The van der Waals surface area contributed by atoms with Gasteiger partial charge in [-0.15, -0.1) is 24.0 Å². The standard InChI is InChI=1S/C19H21N5.HI/c1-20-19(23-13-10-16-7-4-5-11-21-16)24-14-18-17-8-3-2-6-15(17)9-12-22-18;/h2-9,11-12H,10,13-14H2,1H3,(H2,20,23,24);1H. The first-order chi connectivity index (χ1) is 11.9. The highest BCUT2D eigenvalue weighted by Gasteiger charge is 2.03. The molecule has 0 unspecified atom stereocenters. The molecule has 25 heavy (non-hydrogen) atoms. The molecule has 0 radical (unpaired) electrons. The van der Waals surface area contributed by atoms with E-state index in [1.54, 1.807) is 7.05 Å². The predicted molar refractivity (Wildman–Crippen MR) is 113 cm³/mol. The lowest BCUT2D eigenvalue weighted by Crippen LogP contribution is -2.38. The van der Waals surface area contributed by atoms with Gasteiger partial charge in [0.2, 0.25) is 0 Å². The number of guanidine groups is 1. The Morgan fingerprint density at radius 1 is 0.960 bits per heavy atom. The van der Waals surface area contributed by atoms with E-state index in [2.05, 4.69) is 37.7 Å². The van der Waals surface area contributed by atoms with Gasteiger partial charge < -0.3 is 10.6 Å². The van der Waals surface area contributed by atoms with E-state index in [1.165, 1.54) is 5.39 Å². The SMILES string of the molecule is CN=C(NCCc1ccccn1)NCc1nccc2ccccc12.I. The van der Waals surface area contributed by atoms with Gasteiger partial charge in [0.05, 0.1) is 12.2 Å². The van der Waals surface area contributed by atoms with Crippen molar-refractivity contribution < 1.29 is 0 Å². The minimum absolute atomic E-state index is 0. The molecule has 2 N–H and O–H groups in total. The van der Waals surface area contributed by atoms with E-state index < -0.39 is 0 Å². The van der Waals surface area contributed by atoms with Crippen molar-refractivity contribution in [3.05, 3.63) is 72.3 Å². The van der Waals surface area contributed by atoms with Gasteiger partial charge in [-0.3, -0.25) is 15.0 Å². The summed E-state index contributed by atoms with van der Waals surface area (Å²) < 4.78 is 0. The fourth-order valence-electron chi connectivity index (χ4n) is 2.57. The second kappa shape index (κ2) is 9.93. The van der Waals surface area contributed by atoms with Crippen LogP contribution in [0.4, 0.5) is 0 Å². The van der Waals surface area contributed by atoms with Gasteiger partial charge in [0.25, 0.3) is 0 Å². The van der Waals surface area contributed by atoms with Crippen LogP contribution in [0.5, 0.6) is 0 Å². The summed E-state index contributed by atoms with van der Waals surface area (Å²) in [7, 11) is 1.77.